The third-order valence-electron chi connectivity index (χ3n) is 4.29. The van der Waals surface area contributed by atoms with Crippen LogP contribution in [0.1, 0.15) is 31.2 Å². The molecule has 1 N–H and O–H groups in total. The Morgan fingerprint density at radius 3 is 2.67 bits per heavy atom. The van der Waals surface area contributed by atoms with E-state index in [0.717, 1.165) is 31.2 Å². The molecule has 1 aliphatic carbocycles. The van der Waals surface area contributed by atoms with Gasteiger partial charge in [-0.15, -0.1) is 0 Å². The number of hydrogen-bond donors (Lipinski definition) is 1. The zero-order valence-corrected chi connectivity index (χ0v) is 11.9. The fourth-order valence-corrected chi connectivity index (χ4v) is 3.09. The van der Waals surface area contributed by atoms with Crippen molar-refractivity contribution in [2.45, 2.75) is 38.0 Å². The van der Waals surface area contributed by atoms with E-state index in [1.54, 1.807) is 12.1 Å². The molecule has 0 radical (unpaired) electrons. The van der Waals surface area contributed by atoms with Crippen molar-refractivity contribution in [3.8, 4) is 0 Å². The summed E-state index contributed by atoms with van der Waals surface area (Å²) in [6.07, 6.45) is 3.08. The maximum absolute atomic E-state index is 13.1. The summed E-state index contributed by atoms with van der Waals surface area (Å²) >= 11 is 0. The maximum atomic E-state index is 13.1. The first-order valence-corrected chi connectivity index (χ1v) is 7.47. The van der Waals surface area contributed by atoms with Crippen LogP contribution in [0.4, 0.5) is 4.39 Å². The van der Waals surface area contributed by atoms with Crippen molar-refractivity contribution in [2.75, 3.05) is 13.2 Å². The summed E-state index contributed by atoms with van der Waals surface area (Å²) in [7, 11) is 0. The van der Waals surface area contributed by atoms with E-state index >= 15 is 0 Å². The van der Waals surface area contributed by atoms with Gasteiger partial charge in [0.2, 0.25) is 5.91 Å². The van der Waals surface area contributed by atoms with Crippen molar-refractivity contribution in [2.24, 2.45) is 5.92 Å². The van der Waals surface area contributed by atoms with Gasteiger partial charge < -0.3 is 14.8 Å². The molecular formula is C16H20FNO3. The molecule has 0 unspecified atom stereocenters. The van der Waals surface area contributed by atoms with Crippen LogP contribution >= 0.6 is 0 Å². The summed E-state index contributed by atoms with van der Waals surface area (Å²) in [4.78, 5) is 12.2. The Labute approximate surface area is 123 Å². The summed E-state index contributed by atoms with van der Waals surface area (Å²) in [6, 6.07) is 6.29. The molecule has 1 heterocycles. The number of carbonyl (C=O) groups is 1. The Bertz CT molecular complexity index is 504. The van der Waals surface area contributed by atoms with Crippen molar-refractivity contribution in [3.63, 3.8) is 0 Å². The fraction of sp³-hybridized carbons (Fsp3) is 0.562. The van der Waals surface area contributed by atoms with Crippen molar-refractivity contribution < 1.29 is 18.7 Å². The van der Waals surface area contributed by atoms with Crippen LogP contribution in [-0.2, 0) is 20.8 Å². The van der Waals surface area contributed by atoms with Gasteiger partial charge in [0, 0.05) is 25.3 Å². The third-order valence-corrected chi connectivity index (χ3v) is 4.29. The monoisotopic (exact) mass is 293 g/mol. The highest BCUT2D eigenvalue weighted by atomic mass is 19.1. The molecule has 1 spiro atoms. The molecule has 1 aromatic rings. The van der Waals surface area contributed by atoms with Crippen molar-refractivity contribution in [1.29, 1.82) is 0 Å². The molecule has 1 aliphatic heterocycles. The molecule has 1 amide bonds. The van der Waals surface area contributed by atoms with Gasteiger partial charge in [-0.3, -0.25) is 4.79 Å². The van der Waals surface area contributed by atoms with E-state index in [1.165, 1.54) is 12.1 Å². The van der Waals surface area contributed by atoms with Gasteiger partial charge in [-0.1, -0.05) is 12.1 Å². The van der Waals surface area contributed by atoms with Crippen LogP contribution in [0.5, 0.6) is 0 Å². The first-order valence-electron chi connectivity index (χ1n) is 7.47. The van der Waals surface area contributed by atoms with E-state index in [1.807, 2.05) is 0 Å². The second kappa shape index (κ2) is 6.12. The van der Waals surface area contributed by atoms with Crippen LogP contribution in [0.2, 0.25) is 0 Å². The Balaban J connectivity index is 1.48. The number of carbonyl (C=O) groups excluding carboxylic acids is 1. The molecule has 114 valence electrons. The molecule has 2 aliphatic rings. The summed E-state index contributed by atoms with van der Waals surface area (Å²) in [5, 5.41) is 2.89. The zero-order chi connectivity index (χ0) is 14.7. The number of halogens is 1. The van der Waals surface area contributed by atoms with Gasteiger partial charge in [0.1, 0.15) is 5.82 Å². The SMILES string of the molecule is O=C(NCc1cccc(F)c1)C1CCC2(CC1)OCCO2. The third kappa shape index (κ3) is 3.41. The van der Waals surface area contributed by atoms with Gasteiger partial charge in [-0.25, -0.2) is 4.39 Å². The minimum Gasteiger partial charge on any atom is -0.352 e. The number of benzene rings is 1. The number of ether oxygens (including phenoxy) is 2. The summed E-state index contributed by atoms with van der Waals surface area (Å²) in [5.74, 6) is -0.680. The quantitative estimate of drug-likeness (QED) is 0.930. The lowest BCUT2D eigenvalue weighted by molar-refractivity contribution is -0.183. The predicted octanol–water partition coefficient (Wildman–Crippen LogP) is 2.38. The molecule has 2 fully saturated rings. The second-order valence-corrected chi connectivity index (χ2v) is 5.73. The summed E-state index contributed by atoms with van der Waals surface area (Å²) < 4.78 is 24.4. The number of hydrogen-bond acceptors (Lipinski definition) is 3. The lowest BCUT2D eigenvalue weighted by atomic mass is 9.84. The van der Waals surface area contributed by atoms with Gasteiger partial charge in [0.25, 0.3) is 0 Å². The van der Waals surface area contributed by atoms with Crippen LogP contribution in [0, 0.1) is 11.7 Å². The van der Waals surface area contributed by atoms with E-state index in [9.17, 15) is 9.18 Å². The van der Waals surface area contributed by atoms with E-state index in [2.05, 4.69) is 5.32 Å². The number of amides is 1. The van der Waals surface area contributed by atoms with Gasteiger partial charge in [-0.2, -0.15) is 0 Å². The van der Waals surface area contributed by atoms with Gasteiger partial charge >= 0.3 is 0 Å². The standard InChI is InChI=1S/C16H20FNO3/c17-14-3-1-2-12(10-14)11-18-15(19)13-4-6-16(7-5-13)20-8-9-21-16/h1-3,10,13H,4-9,11H2,(H,18,19). The first kappa shape index (κ1) is 14.5. The molecule has 21 heavy (non-hydrogen) atoms. The van der Waals surface area contributed by atoms with Crippen LogP contribution < -0.4 is 5.32 Å². The van der Waals surface area contributed by atoms with Crippen molar-refractivity contribution in [1.82, 2.24) is 5.32 Å². The molecule has 0 atom stereocenters. The van der Waals surface area contributed by atoms with Gasteiger partial charge in [-0.05, 0) is 30.5 Å². The molecule has 5 heteroatoms. The van der Waals surface area contributed by atoms with E-state index in [0.29, 0.717) is 19.8 Å². The zero-order valence-electron chi connectivity index (χ0n) is 11.9. The molecule has 0 aromatic heterocycles. The average Bonchev–Trinajstić information content (AvgIpc) is 2.94. The largest absolute Gasteiger partial charge is 0.352 e. The normalized spacial score (nSPS) is 21.6. The van der Waals surface area contributed by atoms with E-state index < -0.39 is 5.79 Å². The molecule has 1 aromatic carbocycles. The van der Waals surface area contributed by atoms with Gasteiger partial charge in [0.05, 0.1) is 13.2 Å². The lowest BCUT2D eigenvalue weighted by Crippen LogP contribution is -2.40. The summed E-state index contributed by atoms with van der Waals surface area (Å²) in [5.41, 5.74) is 0.776. The molecular weight excluding hydrogens is 273 g/mol. The maximum Gasteiger partial charge on any atom is 0.223 e. The average molecular weight is 293 g/mol. The smallest absolute Gasteiger partial charge is 0.223 e. The van der Waals surface area contributed by atoms with Crippen LogP contribution in [-0.4, -0.2) is 24.9 Å². The van der Waals surface area contributed by atoms with Crippen LogP contribution in [0.15, 0.2) is 24.3 Å². The molecule has 4 nitrogen and oxygen atoms in total. The molecule has 1 saturated carbocycles. The Kier molecular flexibility index (Phi) is 4.22. The van der Waals surface area contributed by atoms with Crippen LogP contribution in [0.3, 0.4) is 0 Å². The second-order valence-electron chi connectivity index (χ2n) is 5.73. The van der Waals surface area contributed by atoms with Gasteiger partial charge in [0.15, 0.2) is 5.79 Å². The predicted molar refractivity (Wildman–Crippen MR) is 74.8 cm³/mol. The highest BCUT2D eigenvalue weighted by molar-refractivity contribution is 5.78. The minimum atomic E-state index is -0.431. The van der Waals surface area contributed by atoms with Crippen molar-refractivity contribution in [3.05, 3.63) is 35.6 Å². The Morgan fingerprint density at radius 2 is 2.00 bits per heavy atom. The first-order chi connectivity index (χ1) is 10.2. The Morgan fingerprint density at radius 1 is 1.29 bits per heavy atom. The topological polar surface area (TPSA) is 47.6 Å². The van der Waals surface area contributed by atoms with E-state index in [-0.39, 0.29) is 17.6 Å². The highest BCUT2D eigenvalue weighted by Gasteiger charge is 2.41. The molecule has 1 saturated heterocycles. The highest BCUT2D eigenvalue weighted by Crippen LogP contribution is 2.38. The van der Waals surface area contributed by atoms with E-state index in [4.69, 9.17) is 9.47 Å². The summed E-state index contributed by atoms with van der Waals surface area (Å²) in [6.45, 7) is 1.66. The number of nitrogens with one attached hydrogen (secondary N) is 1. The fourth-order valence-electron chi connectivity index (χ4n) is 3.09. The van der Waals surface area contributed by atoms with Crippen LogP contribution in [0.25, 0.3) is 0 Å². The number of rotatable bonds is 3. The molecule has 3 rings (SSSR count). The van der Waals surface area contributed by atoms with Crippen molar-refractivity contribution >= 4 is 5.91 Å². The molecule has 0 bridgehead atoms. The lowest BCUT2D eigenvalue weighted by Gasteiger charge is -2.34. The minimum absolute atomic E-state index is 0.00279. The Hall–Kier alpha value is -1.46.